The van der Waals surface area contributed by atoms with E-state index in [-0.39, 0.29) is 0 Å². The maximum Gasteiger partial charge on any atom is 0.0959 e. The van der Waals surface area contributed by atoms with E-state index in [4.69, 9.17) is 0 Å². The number of nitrogens with one attached hydrogen (secondary N) is 1. The van der Waals surface area contributed by atoms with E-state index in [1.54, 1.807) is 0 Å². The standard InChI is InChI=1S/C11H16N2S/c1-2-8(3-1)11-13-10(7-14-11)6-12-9-4-5-9/h7-9,12H,1-6H2. The summed E-state index contributed by atoms with van der Waals surface area (Å²) in [6, 6.07) is 0.795. The average Bonchev–Trinajstić information content (AvgIpc) is 2.82. The molecule has 0 atom stereocenters. The minimum Gasteiger partial charge on any atom is -0.308 e. The van der Waals surface area contributed by atoms with Crippen LogP contribution in [0.15, 0.2) is 5.38 Å². The van der Waals surface area contributed by atoms with Gasteiger partial charge in [0.2, 0.25) is 0 Å². The molecule has 2 aliphatic rings. The van der Waals surface area contributed by atoms with Crippen molar-refractivity contribution < 1.29 is 0 Å². The molecule has 2 saturated carbocycles. The van der Waals surface area contributed by atoms with E-state index >= 15 is 0 Å². The van der Waals surface area contributed by atoms with Crippen molar-refractivity contribution in [3.8, 4) is 0 Å². The van der Waals surface area contributed by atoms with Crippen LogP contribution in [0.4, 0.5) is 0 Å². The van der Waals surface area contributed by atoms with Gasteiger partial charge in [-0.1, -0.05) is 6.42 Å². The van der Waals surface area contributed by atoms with Gasteiger partial charge in [0.25, 0.3) is 0 Å². The molecule has 2 fully saturated rings. The highest BCUT2D eigenvalue weighted by molar-refractivity contribution is 7.09. The molecule has 3 rings (SSSR count). The fourth-order valence-electron chi connectivity index (χ4n) is 1.78. The summed E-state index contributed by atoms with van der Waals surface area (Å²) >= 11 is 1.85. The average molecular weight is 208 g/mol. The smallest absolute Gasteiger partial charge is 0.0959 e. The summed E-state index contributed by atoms with van der Waals surface area (Å²) < 4.78 is 0. The predicted molar refractivity (Wildman–Crippen MR) is 58.6 cm³/mol. The van der Waals surface area contributed by atoms with Gasteiger partial charge < -0.3 is 5.32 Å². The molecule has 0 aromatic carbocycles. The van der Waals surface area contributed by atoms with E-state index in [0.29, 0.717) is 0 Å². The maximum atomic E-state index is 4.69. The largest absolute Gasteiger partial charge is 0.308 e. The molecule has 14 heavy (non-hydrogen) atoms. The van der Waals surface area contributed by atoms with Gasteiger partial charge in [0.15, 0.2) is 0 Å². The van der Waals surface area contributed by atoms with Crippen molar-refractivity contribution in [2.75, 3.05) is 0 Å². The lowest BCUT2D eigenvalue weighted by atomic mass is 9.86. The zero-order chi connectivity index (χ0) is 9.38. The molecule has 76 valence electrons. The number of thiazole rings is 1. The van der Waals surface area contributed by atoms with Gasteiger partial charge in [-0.15, -0.1) is 11.3 Å². The highest BCUT2D eigenvalue weighted by Crippen LogP contribution is 2.37. The molecule has 1 heterocycles. The number of nitrogens with zero attached hydrogens (tertiary/aromatic N) is 1. The fourth-order valence-corrected chi connectivity index (χ4v) is 2.77. The maximum absolute atomic E-state index is 4.69. The highest BCUT2D eigenvalue weighted by atomic mass is 32.1. The molecule has 1 N–H and O–H groups in total. The Kier molecular flexibility index (Phi) is 2.30. The Morgan fingerprint density at radius 2 is 2.21 bits per heavy atom. The fraction of sp³-hybridized carbons (Fsp3) is 0.727. The van der Waals surface area contributed by atoms with Crippen molar-refractivity contribution in [1.29, 1.82) is 0 Å². The minimum absolute atomic E-state index is 0.795. The van der Waals surface area contributed by atoms with Crippen molar-refractivity contribution in [2.24, 2.45) is 0 Å². The van der Waals surface area contributed by atoms with E-state index < -0.39 is 0 Å². The molecule has 0 bridgehead atoms. The Morgan fingerprint density at radius 1 is 1.36 bits per heavy atom. The molecule has 1 aromatic heterocycles. The van der Waals surface area contributed by atoms with Gasteiger partial charge in [-0.25, -0.2) is 4.98 Å². The second-order valence-corrected chi connectivity index (χ2v) is 5.35. The summed E-state index contributed by atoms with van der Waals surface area (Å²) in [5, 5.41) is 7.11. The summed E-state index contributed by atoms with van der Waals surface area (Å²) in [5.74, 6) is 0.801. The van der Waals surface area contributed by atoms with Crippen LogP contribution in [-0.4, -0.2) is 11.0 Å². The quantitative estimate of drug-likeness (QED) is 0.823. The van der Waals surface area contributed by atoms with Crippen LogP contribution < -0.4 is 5.32 Å². The molecule has 3 heteroatoms. The third-order valence-electron chi connectivity index (χ3n) is 3.17. The predicted octanol–water partition coefficient (Wildman–Crippen LogP) is 2.66. The van der Waals surface area contributed by atoms with Crippen LogP contribution in [0.5, 0.6) is 0 Å². The van der Waals surface area contributed by atoms with E-state index in [9.17, 15) is 0 Å². The van der Waals surface area contributed by atoms with Crippen molar-refractivity contribution in [3.05, 3.63) is 16.1 Å². The van der Waals surface area contributed by atoms with Crippen LogP contribution in [-0.2, 0) is 6.54 Å². The molecule has 2 aliphatic carbocycles. The lowest BCUT2D eigenvalue weighted by molar-refractivity contribution is 0.417. The first-order valence-electron chi connectivity index (χ1n) is 5.59. The number of rotatable bonds is 4. The molecule has 0 spiro atoms. The number of hydrogen-bond acceptors (Lipinski definition) is 3. The highest BCUT2D eigenvalue weighted by Gasteiger charge is 2.23. The van der Waals surface area contributed by atoms with Gasteiger partial charge in [-0.05, 0) is 25.7 Å². The first kappa shape index (κ1) is 8.86. The van der Waals surface area contributed by atoms with Gasteiger partial charge in [0.1, 0.15) is 0 Å². The third kappa shape index (κ3) is 1.84. The second kappa shape index (κ2) is 3.63. The van der Waals surface area contributed by atoms with Crippen molar-refractivity contribution in [1.82, 2.24) is 10.3 Å². The lowest BCUT2D eigenvalue weighted by Gasteiger charge is -2.22. The molecule has 0 aliphatic heterocycles. The van der Waals surface area contributed by atoms with Crippen molar-refractivity contribution >= 4 is 11.3 Å². The third-order valence-corrected chi connectivity index (χ3v) is 4.23. The van der Waals surface area contributed by atoms with E-state index in [0.717, 1.165) is 18.5 Å². The topological polar surface area (TPSA) is 24.9 Å². The lowest BCUT2D eigenvalue weighted by Crippen LogP contribution is -2.16. The summed E-state index contributed by atoms with van der Waals surface area (Å²) in [6.45, 7) is 0.980. The van der Waals surface area contributed by atoms with Gasteiger partial charge in [0, 0.05) is 23.9 Å². The van der Waals surface area contributed by atoms with Gasteiger partial charge in [0.05, 0.1) is 10.7 Å². The van der Waals surface area contributed by atoms with E-state index in [1.807, 2.05) is 11.3 Å². The summed E-state index contributed by atoms with van der Waals surface area (Å²) in [7, 11) is 0. The van der Waals surface area contributed by atoms with Crippen LogP contribution in [0.2, 0.25) is 0 Å². The van der Waals surface area contributed by atoms with Crippen LogP contribution >= 0.6 is 11.3 Å². The Hall–Kier alpha value is -0.410. The normalized spacial score (nSPS) is 22.3. The Morgan fingerprint density at radius 3 is 2.86 bits per heavy atom. The second-order valence-electron chi connectivity index (χ2n) is 4.46. The van der Waals surface area contributed by atoms with E-state index in [2.05, 4.69) is 15.7 Å². The Labute approximate surface area is 88.7 Å². The Balaban J connectivity index is 1.58. The molecule has 1 aromatic rings. The first-order chi connectivity index (χ1) is 6.92. The molecule has 0 unspecified atom stereocenters. The van der Waals surface area contributed by atoms with E-state index in [1.165, 1.54) is 42.8 Å². The van der Waals surface area contributed by atoms with Crippen molar-refractivity contribution in [2.45, 2.75) is 50.6 Å². The molecule has 0 amide bonds. The molecule has 2 nitrogen and oxygen atoms in total. The van der Waals surface area contributed by atoms with Crippen LogP contribution in [0.25, 0.3) is 0 Å². The van der Waals surface area contributed by atoms with Gasteiger partial charge >= 0.3 is 0 Å². The van der Waals surface area contributed by atoms with Crippen molar-refractivity contribution in [3.63, 3.8) is 0 Å². The Bertz CT molecular complexity index is 313. The first-order valence-corrected chi connectivity index (χ1v) is 6.47. The summed E-state index contributed by atoms with van der Waals surface area (Å²) in [4.78, 5) is 4.69. The van der Waals surface area contributed by atoms with Crippen LogP contribution in [0.3, 0.4) is 0 Å². The number of aromatic nitrogens is 1. The van der Waals surface area contributed by atoms with Crippen LogP contribution in [0, 0.1) is 0 Å². The zero-order valence-corrected chi connectivity index (χ0v) is 9.15. The van der Waals surface area contributed by atoms with Gasteiger partial charge in [-0.3, -0.25) is 0 Å². The monoisotopic (exact) mass is 208 g/mol. The van der Waals surface area contributed by atoms with Crippen LogP contribution in [0.1, 0.15) is 48.7 Å². The molecular weight excluding hydrogens is 192 g/mol. The summed E-state index contributed by atoms with van der Waals surface area (Å²) in [6.07, 6.45) is 6.85. The minimum atomic E-state index is 0.795. The molecular formula is C11H16N2S. The zero-order valence-electron chi connectivity index (χ0n) is 8.33. The van der Waals surface area contributed by atoms with Gasteiger partial charge in [-0.2, -0.15) is 0 Å². The molecule has 0 saturated heterocycles. The summed E-state index contributed by atoms with van der Waals surface area (Å²) in [5.41, 5.74) is 1.25. The molecule has 0 radical (unpaired) electrons. The number of hydrogen-bond donors (Lipinski definition) is 1. The SMILES string of the molecule is c1sc(C2CCC2)nc1CNC1CC1.